The summed E-state index contributed by atoms with van der Waals surface area (Å²) in [6.07, 6.45) is 11.4. The molecule has 0 atom stereocenters. The maximum atomic E-state index is 14.4. The largest absolute Gasteiger partial charge is 0.343 e. The molecule has 0 unspecified atom stereocenters. The zero-order valence-corrected chi connectivity index (χ0v) is 16.0. The first-order chi connectivity index (χ1) is 12.5. The van der Waals surface area contributed by atoms with Crippen molar-refractivity contribution in [3.63, 3.8) is 0 Å². The van der Waals surface area contributed by atoms with Crippen molar-refractivity contribution >= 4 is 11.8 Å². The maximum absolute atomic E-state index is 14.4. The number of hydrogen-bond acceptors (Lipinski definition) is 2. The maximum Gasteiger partial charge on any atom is 0.260 e. The van der Waals surface area contributed by atoms with Crippen LogP contribution in [0, 0.1) is 11.3 Å². The van der Waals surface area contributed by atoms with Crippen LogP contribution in [0.3, 0.4) is 0 Å². The third kappa shape index (κ3) is 3.50. The fourth-order valence-electron chi connectivity index (χ4n) is 5.51. The summed E-state index contributed by atoms with van der Waals surface area (Å²) in [6, 6.07) is 0. The van der Waals surface area contributed by atoms with Gasteiger partial charge in [-0.3, -0.25) is 9.59 Å². The van der Waals surface area contributed by atoms with Crippen molar-refractivity contribution in [1.82, 2.24) is 9.80 Å². The number of rotatable bonds is 3. The molecule has 2 saturated heterocycles. The predicted molar refractivity (Wildman–Crippen MR) is 98.3 cm³/mol. The minimum Gasteiger partial charge on any atom is -0.343 e. The van der Waals surface area contributed by atoms with Crippen molar-refractivity contribution in [2.24, 2.45) is 11.3 Å². The van der Waals surface area contributed by atoms with Gasteiger partial charge in [0.05, 0.1) is 0 Å². The van der Waals surface area contributed by atoms with Gasteiger partial charge < -0.3 is 9.80 Å². The monoisotopic (exact) mass is 364 g/mol. The lowest BCUT2D eigenvalue weighted by molar-refractivity contribution is -0.153. The number of likely N-dealkylation sites (tertiary alicyclic amines) is 2. The highest BCUT2D eigenvalue weighted by Crippen LogP contribution is 2.48. The van der Waals surface area contributed by atoms with Gasteiger partial charge in [0, 0.05) is 32.6 Å². The van der Waals surface area contributed by atoms with E-state index in [4.69, 9.17) is 0 Å². The average molecular weight is 365 g/mol. The van der Waals surface area contributed by atoms with Crippen LogP contribution >= 0.6 is 0 Å². The Kier molecular flexibility index (Phi) is 5.00. The molecule has 0 radical (unpaired) electrons. The number of carbonyl (C=O) groups excluding carboxylic acids is 2. The Morgan fingerprint density at radius 1 is 0.808 bits per heavy atom. The molecule has 1 spiro atoms. The van der Waals surface area contributed by atoms with E-state index in [2.05, 4.69) is 0 Å². The summed E-state index contributed by atoms with van der Waals surface area (Å²) in [5.41, 5.74) is -1.20. The number of alkyl halides is 1. The molecule has 0 aromatic heterocycles. The molecule has 0 N–H and O–H groups in total. The van der Waals surface area contributed by atoms with Crippen LogP contribution in [-0.4, -0.2) is 53.5 Å². The molecule has 4 aliphatic rings. The van der Waals surface area contributed by atoms with E-state index in [1.165, 1.54) is 12.8 Å². The smallest absolute Gasteiger partial charge is 0.260 e. The highest BCUT2D eigenvalue weighted by atomic mass is 19.1. The van der Waals surface area contributed by atoms with E-state index in [-0.39, 0.29) is 5.91 Å². The zero-order valence-electron chi connectivity index (χ0n) is 16.0. The molecule has 2 heterocycles. The Morgan fingerprint density at radius 2 is 1.42 bits per heavy atom. The minimum absolute atomic E-state index is 0.247. The second-order valence-electron chi connectivity index (χ2n) is 9.35. The summed E-state index contributed by atoms with van der Waals surface area (Å²) in [6.45, 7) is 3.36. The standard InChI is InChI=1S/C21H33FN2O2/c22-21(6-3-7-21)19(26)24-14-10-20(11-15-24)8-4-17(5-9-20)16-18(25)23-12-1-2-13-23/h17H,1-16H2. The fraction of sp³-hybridized carbons (Fsp3) is 0.905. The molecule has 146 valence electrons. The second-order valence-corrected chi connectivity index (χ2v) is 9.35. The molecule has 4 nitrogen and oxygen atoms in total. The molecule has 0 aromatic carbocycles. The zero-order chi connectivity index (χ0) is 18.2. The quantitative estimate of drug-likeness (QED) is 0.766. The van der Waals surface area contributed by atoms with Gasteiger partial charge in [-0.25, -0.2) is 4.39 Å². The number of carbonyl (C=O) groups is 2. The third-order valence-corrected chi connectivity index (χ3v) is 7.73. The first-order valence-corrected chi connectivity index (χ1v) is 10.8. The van der Waals surface area contributed by atoms with Crippen LogP contribution in [0.25, 0.3) is 0 Å². The van der Waals surface area contributed by atoms with E-state index in [0.29, 0.717) is 30.1 Å². The van der Waals surface area contributed by atoms with Gasteiger partial charge in [0.15, 0.2) is 5.67 Å². The van der Waals surface area contributed by atoms with Gasteiger partial charge >= 0.3 is 0 Å². The summed E-state index contributed by atoms with van der Waals surface area (Å²) in [5.74, 6) is 0.651. The van der Waals surface area contributed by atoms with Crippen LogP contribution < -0.4 is 0 Å². The van der Waals surface area contributed by atoms with Crippen molar-refractivity contribution in [2.75, 3.05) is 26.2 Å². The Balaban J connectivity index is 1.23. The van der Waals surface area contributed by atoms with E-state index in [1.807, 2.05) is 4.90 Å². The van der Waals surface area contributed by atoms with Gasteiger partial charge in [0.2, 0.25) is 5.91 Å². The molecule has 0 bridgehead atoms. The van der Waals surface area contributed by atoms with Crippen molar-refractivity contribution in [2.45, 2.75) is 82.7 Å². The molecular formula is C21H33FN2O2. The first kappa shape index (κ1) is 18.2. The van der Waals surface area contributed by atoms with E-state index < -0.39 is 5.67 Å². The topological polar surface area (TPSA) is 40.6 Å². The lowest BCUT2D eigenvalue weighted by atomic mass is 9.65. The number of hydrogen-bond donors (Lipinski definition) is 0. The summed E-state index contributed by atoms with van der Waals surface area (Å²) in [5, 5.41) is 0. The average Bonchev–Trinajstić information content (AvgIpc) is 3.17. The summed E-state index contributed by atoms with van der Waals surface area (Å²) in [4.78, 5) is 28.6. The first-order valence-electron chi connectivity index (χ1n) is 10.8. The molecule has 4 fully saturated rings. The van der Waals surface area contributed by atoms with Gasteiger partial charge in [-0.1, -0.05) is 0 Å². The summed E-state index contributed by atoms with van der Waals surface area (Å²) >= 11 is 0. The Bertz CT molecular complexity index is 536. The summed E-state index contributed by atoms with van der Waals surface area (Å²) in [7, 11) is 0. The SMILES string of the molecule is O=C(CC1CCC2(CC1)CCN(C(=O)C1(F)CCC1)CC2)N1CCCC1. The van der Waals surface area contributed by atoms with Crippen LogP contribution in [0.5, 0.6) is 0 Å². The number of amides is 2. The minimum atomic E-state index is -1.54. The van der Waals surface area contributed by atoms with Crippen molar-refractivity contribution in [3.8, 4) is 0 Å². The van der Waals surface area contributed by atoms with Gasteiger partial charge in [-0.2, -0.15) is 0 Å². The van der Waals surface area contributed by atoms with Crippen LogP contribution in [0.4, 0.5) is 4.39 Å². The van der Waals surface area contributed by atoms with E-state index >= 15 is 0 Å². The number of nitrogens with zero attached hydrogens (tertiary/aromatic N) is 2. The van der Waals surface area contributed by atoms with Crippen LogP contribution in [0.15, 0.2) is 0 Å². The summed E-state index contributed by atoms with van der Waals surface area (Å²) < 4.78 is 14.4. The van der Waals surface area contributed by atoms with E-state index in [9.17, 15) is 14.0 Å². The van der Waals surface area contributed by atoms with Crippen LogP contribution in [0.2, 0.25) is 0 Å². The van der Waals surface area contributed by atoms with Crippen molar-refractivity contribution in [3.05, 3.63) is 0 Å². The highest BCUT2D eigenvalue weighted by molar-refractivity contribution is 5.86. The normalized spacial score (nSPS) is 28.2. The fourth-order valence-corrected chi connectivity index (χ4v) is 5.51. The molecule has 26 heavy (non-hydrogen) atoms. The van der Waals surface area contributed by atoms with Crippen molar-refractivity contribution < 1.29 is 14.0 Å². The molecule has 2 saturated carbocycles. The van der Waals surface area contributed by atoms with Crippen LogP contribution in [-0.2, 0) is 9.59 Å². The number of halogens is 1. The Labute approximate surface area is 156 Å². The molecular weight excluding hydrogens is 331 g/mol. The molecule has 4 rings (SSSR count). The molecule has 5 heteroatoms. The molecule has 2 aliphatic heterocycles. The Hall–Kier alpha value is -1.13. The molecule has 0 aromatic rings. The van der Waals surface area contributed by atoms with Crippen LogP contribution in [0.1, 0.15) is 77.0 Å². The van der Waals surface area contributed by atoms with Gasteiger partial charge in [-0.05, 0) is 82.0 Å². The number of piperidine rings is 1. The van der Waals surface area contributed by atoms with E-state index in [0.717, 1.165) is 77.5 Å². The Morgan fingerprint density at radius 3 is 1.96 bits per heavy atom. The molecule has 2 aliphatic carbocycles. The van der Waals surface area contributed by atoms with E-state index in [1.54, 1.807) is 4.90 Å². The second kappa shape index (κ2) is 7.12. The van der Waals surface area contributed by atoms with Gasteiger partial charge in [0.1, 0.15) is 0 Å². The lowest BCUT2D eigenvalue weighted by Crippen LogP contribution is -2.54. The van der Waals surface area contributed by atoms with Gasteiger partial charge in [-0.15, -0.1) is 0 Å². The van der Waals surface area contributed by atoms with Gasteiger partial charge in [0.25, 0.3) is 5.91 Å². The highest BCUT2D eigenvalue weighted by Gasteiger charge is 2.48. The third-order valence-electron chi connectivity index (χ3n) is 7.73. The predicted octanol–water partition coefficient (Wildman–Crippen LogP) is 3.69. The van der Waals surface area contributed by atoms with Crippen molar-refractivity contribution in [1.29, 1.82) is 0 Å². The molecule has 2 amide bonds. The lowest BCUT2D eigenvalue weighted by Gasteiger charge is -2.47.